The second kappa shape index (κ2) is 5.35. The van der Waals surface area contributed by atoms with Gasteiger partial charge in [-0.3, -0.25) is 0 Å². The first kappa shape index (κ1) is 14.7. The topological polar surface area (TPSA) is 51.5 Å². The largest absolute Gasteiger partial charge is 1.00 e. The fourth-order valence-electron chi connectivity index (χ4n) is 2.28. The smallest absolute Gasteiger partial charge is 0.540 e. The zero-order chi connectivity index (χ0) is 11.9. The van der Waals surface area contributed by atoms with Crippen molar-refractivity contribution in [2.45, 2.75) is 6.92 Å². The van der Waals surface area contributed by atoms with Gasteiger partial charge in [-0.15, -0.1) is 5.46 Å². The molecular formula is C12H13BKNO3. The van der Waals surface area contributed by atoms with Gasteiger partial charge in [-0.1, -0.05) is 19.1 Å². The number of fused-ring (bicyclic) bond motifs is 3. The van der Waals surface area contributed by atoms with Crippen LogP contribution in [-0.2, 0) is 14.0 Å². The first-order valence-corrected chi connectivity index (χ1v) is 5.72. The zero-order valence-corrected chi connectivity index (χ0v) is 13.8. The fourth-order valence-corrected chi connectivity index (χ4v) is 2.28. The molecule has 0 N–H and O–H groups in total. The third kappa shape index (κ3) is 2.47. The molecule has 3 aliphatic rings. The Labute approximate surface area is 149 Å². The third-order valence-electron chi connectivity index (χ3n) is 3.40. The Balaban J connectivity index is 0.00000120. The molecule has 0 atom stereocenters. The van der Waals surface area contributed by atoms with Crippen LogP contribution in [0.4, 0.5) is 0 Å². The van der Waals surface area contributed by atoms with Gasteiger partial charge in [0, 0.05) is 25.2 Å². The predicted molar refractivity (Wildman–Crippen MR) is 62.5 cm³/mol. The molecule has 1 aromatic carbocycles. The Morgan fingerprint density at radius 3 is 2.06 bits per heavy atom. The summed E-state index contributed by atoms with van der Waals surface area (Å²) in [4.78, 5) is 0. The van der Waals surface area contributed by atoms with Gasteiger partial charge < -0.3 is 14.0 Å². The minimum Gasteiger partial charge on any atom is -0.540 e. The van der Waals surface area contributed by atoms with Crippen molar-refractivity contribution < 1.29 is 65.3 Å². The molecule has 3 fully saturated rings. The van der Waals surface area contributed by atoms with Gasteiger partial charge in [0.15, 0.2) is 0 Å². The van der Waals surface area contributed by atoms with E-state index in [0.717, 1.165) is 5.46 Å². The average Bonchev–Trinajstić information content (AvgIpc) is 2.40. The summed E-state index contributed by atoms with van der Waals surface area (Å²) in [6.07, 6.45) is 0. The fraction of sp³-hybridized carbons (Fsp3) is 0.417. The maximum atomic E-state index is 8.76. The molecule has 0 spiro atoms. The van der Waals surface area contributed by atoms with Crippen LogP contribution in [0.5, 0.6) is 0 Å². The normalized spacial score (nSPS) is 33.6. The van der Waals surface area contributed by atoms with Gasteiger partial charge >= 0.3 is 58.1 Å². The van der Waals surface area contributed by atoms with Gasteiger partial charge in [0.05, 0.1) is 11.6 Å². The van der Waals surface area contributed by atoms with Crippen molar-refractivity contribution in [1.82, 2.24) is 0 Å². The predicted octanol–water partition coefficient (Wildman–Crippen LogP) is -2.21. The zero-order valence-electron chi connectivity index (χ0n) is 10.7. The molecule has 0 amide bonds. The standard InChI is InChI=1S/C12H13BNO3.K/c1-12-7-15-13(16-8-12,17-9-12)11-4-2-10(6-14)3-5-11;/h2-5H,7-9H2,1H3;/q-1;+1. The maximum Gasteiger partial charge on any atom is 1.00 e. The molecule has 88 valence electrons. The van der Waals surface area contributed by atoms with Crippen LogP contribution in [-0.4, -0.2) is 26.6 Å². The number of rotatable bonds is 1. The monoisotopic (exact) mass is 269 g/mol. The van der Waals surface area contributed by atoms with Gasteiger partial charge in [0.25, 0.3) is 0 Å². The van der Waals surface area contributed by atoms with E-state index >= 15 is 0 Å². The van der Waals surface area contributed by atoms with Crippen molar-refractivity contribution >= 4 is 12.2 Å². The number of benzene rings is 1. The second-order valence-electron chi connectivity index (χ2n) is 5.12. The van der Waals surface area contributed by atoms with Gasteiger partial charge in [-0.2, -0.15) is 5.26 Å². The summed E-state index contributed by atoms with van der Waals surface area (Å²) in [6.45, 7) is 2.29. The van der Waals surface area contributed by atoms with Crippen LogP contribution in [0.2, 0.25) is 0 Å². The quantitative estimate of drug-likeness (QED) is 0.543. The van der Waals surface area contributed by atoms with Gasteiger partial charge in [-0.25, -0.2) is 0 Å². The molecule has 3 saturated heterocycles. The SMILES string of the molecule is CC12CO[B-](c3ccc(C#N)cc3)(OC1)OC2.[K+]. The molecule has 0 saturated carbocycles. The summed E-state index contributed by atoms with van der Waals surface area (Å²) in [5.41, 5.74) is 1.47. The van der Waals surface area contributed by atoms with Crippen molar-refractivity contribution in [3.63, 3.8) is 0 Å². The van der Waals surface area contributed by atoms with Crippen LogP contribution in [0.15, 0.2) is 24.3 Å². The molecule has 1 aromatic rings. The number of nitrogens with zero attached hydrogens (tertiary/aromatic N) is 1. The number of hydrogen-bond donors (Lipinski definition) is 0. The first-order chi connectivity index (χ1) is 8.16. The molecule has 4 rings (SSSR count). The molecule has 6 heteroatoms. The maximum absolute atomic E-state index is 8.76. The molecule has 4 nitrogen and oxygen atoms in total. The van der Waals surface area contributed by atoms with E-state index in [1.165, 1.54) is 0 Å². The van der Waals surface area contributed by atoms with E-state index in [4.69, 9.17) is 19.2 Å². The Hall–Kier alpha value is 0.291. The molecule has 0 aliphatic carbocycles. The van der Waals surface area contributed by atoms with Gasteiger partial charge in [-0.05, 0) is 12.1 Å². The first-order valence-electron chi connectivity index (χ1n) is 5.72. The van der Waals surface area contributed by atoms with Crippen LogP contribution >= 0.6 is 0 Å². The minimum atomic E-state index is -1.78. The van der Waals surface area contributed by atoms with Gasteiger partial charge in [0.2, 0.25) is 0 Å². The van der Waals surface area contributed by atoms with Crippen molar-refractivity contribution in [3.8, 4) is 6.07 Å². The van der Waals surface area contributed by atoms with E-state index in [1.807, 2.05) is 12.1 Å². The number of nitriles is 1. The summed E-state index contributed by atoms with van der Waals surface area (Å²) in [7, 11) is 0. The van der Waals surface area contributed by atoms with Crippen LogP contribution in [0.1, 0.15) is 12.5 Å². The molecule has 0 radical (unpaired) electrons. The van der Waals surface area contributed by atoms with Crippen LogP contribution in [0.25, 0.3) is 0 Å². The van der Waals surface area contributed by atoms with Crippen molar-refractivity contribution in [3.05, 3.63) is 29.8 Å². The van der Waals surface area contributed by atoms with Crippen LogP contribution in [0, 0.1) is 16.7 Å². The molecule has 3 aliphatic heterocycles. The van der Waals surface area contributed by atoms with Crippen molar-refractivity contribution in [2.75, 3.05) is 19.8 Å². The van der Waals surface area contributed by atoms with Crippen molar-refractivity contribution in [2.24, 2.45) is 5.41 Å². The van der Waals surface area contributed by atoms with Crippen LogP contribution in [0.3, 0.4) is 0 Å². The molecule has 2 bridgehead atoms. The Kier molecular flexibility index (Phi) is 4.37. The minimum absolute atomic E-state index is 0. The molecule has 3 heterocycles. The average molecular weight is 269 g/mol. The summed E-state index contributed by atoms with van der Waals surface area (Å²) < 4.78 is 17.3. The van der Waals surface area contributed by atoms with E-state index in [2.05, 4.69) is 13.0 Å². The summed E-state index contributed by atoms with van der Waals surface area (Å²) in [6, 6.07) is 9.28. The third-order valence-corrected chi connectivity index (χ3v) is 3.40. The Bertz CT molecular complexity index is 461. The summed E-state index contributed by atoms with van der Waals surface area (Å²) >= 11 is 0. The van der Waals surface area contributed by atoms with E-state index in [9.17, 15) is 0 Å². The molecule has 0 unspecified atom stereocenters. The Morgan fingerprint density at radius 2 is 1.61 bits per heavy atom. The Morgan fingerprint density at radius 1 is 1.11 bits per heavy atom. The van der Waals surface area contributed by atoms with E-state index in [0.29, 0.717) is 25.4 Å². The van der Waals surface area contributed by atoms with Crippen LogP contribution < -0.4 is 56.8 Å². The van der Waals surface area contributed by atoms with Crippen molar-refractivity contribution in [1.29, 1.82) is 5.26 Å². The van der Waals surface area contributed by atoms with Gasteiger partial charge in [0.1, 0.15) is 0 Å². The molecular weight excluding hydrogens is 256 g/mol. The molecule has 0 aromatic heterocycles. The van der Waals surface area contributed by atoms with E-state index in [-0.39, 0.29) is 56.8 Å². The summed E-state index contributed by atoms with van der Waals surface area (Å²) in [5.74, 6) is 0. The molecule has 18 heavy (non-hydrogen) atoms. The second-order valence-corrected chi connectivity index (χ2v) is 5.12. The summed E-state index contributed by atoms with van der Waals surface area (Å²) in [5, 5.41) is 8.76. The number of hydrogen-bond acceptors (Lipinski definition) is 4. The van der Waals surface area contributed by atoms with E-state index in [1.54, 1.807) is 12.1 Å². The van der Waals surface area contributed by atoms with E-state index < -0.39 is 6.75 Å².